The SMILES string of the molecule is [B]/C(Br)=C1\C=C(CCCCCC)C(=O)N1Cc1ccccc1. The number of rotatable bonds is 7. The number of carbonyl (C=O) groups excluding carboxylic acids is 1. The zero-order chi connectivity index (χ0) is 15.9. The van der Waals surface area contributed by atoms with Gasteiger partial charge in [-0.25, -0.2) is 0 Å². The zero-order valence-corrected chi connectivity index (χ0v) is 14.6. The summed E-state index contributed by atoms with van der Waals surface area (Å²) in [4.78, 5) is 14.4. The van der Waals surface area contributed by atoms with Crippen LogP contribution in [0.3, 0.4) is 0 Å². The second-order valence-electron chi connectivity index (χ2n) is 5.59. The van der Waals surface area contributed by atoms with Crippen molar-refractivity contribution in [2.75, 3.05) is 0 Å². The minimum atomic E-state index is 0.0813. The number of benzene rings is 1. The monoisotopic (exact) mass is 357 g/mol. The van der Waals surface area contributed by atoms with Crippen molar-refractivity contribution in [1.29, 1.82) is 0 Å². The summed E-state index contributed by atoms with van der Waals surface area (Å²) in [6, 6.07) is 9.98. The van der Waals surface area contributed by atoms with E-state index in [-0.39, 0.29) is 5.91 Å². The van der Waals surface area contributed by atoms with Crippen LogP contribution in [0, 0.1) is 0 Å². The number of hydrogen-bond acceptors (Lipinski definition) is 1. The summed E-state index contributed by atoms with van der Waals surface area (Å²) in [7, 11) is 5.90. The number of allylic oxidation sites excluding steroid dienone is 1. The summed E-state index contributed by atoms with van der Waals surface area (Å²) in [6.07, 6.45) is 7.41. The van der Waals surface area contributed by atoms with E-state index >= 15 is 0 Å². The van der Waals surface area contributed by atoms with Crippen LogP contribution in [0.15, 0.2) is 52.1 Å². The van der Waals surface area contributed by atoms with Gasteiger partial charge in [0, 0.05) is 11.3 Å². The fourth-order valence-corrected chi connectivity index (χ4v) is 2.96. The summed E-state index contributed by atoms with van der Waals surface area (Å²) in [5.41, 5.74) is 2.74. The molecular formula is C18H21BBrNO. The van der Waals surface area contributed by atoms with Crippen LogP contribution >= 0.6 is 15.9 Å². The molecule has 0 saturated heterocycles. The molecule has 2 rings (SSSR count). The van der Waals surface area contributed by atoms with E-state index < -0.39 is 0 Å². The van der Waals surface area contributed by atoms with Gasteiger partial charge in [0.2, 0.25) is 0 Å². The molecule has 0 bridgehead atoms. The number of amides is 1. The average Bonchev–Trinajstić information content (AvgIpc) is 2.82. The van der Waals surface area contributed by atoms with Gasteiger partial charge in [0.1, 0.15) is 7.85 Å². The van der Waals surface area contributed by atoms with Gasteiger partial charge in [-0.15, -0.1) is 0 Å². The van der Waals surface area contributed by atoms with Crippen molar-refractivity contribution in [2.24, 2.45) is 0 Å². The molecule has 2 radical (unpaired) electrons. The molecule has 22 heavy (non-hydrogen) atoms. The van der Waals surface area contributed by atoms with Crippen LogP contribution in [0.25, 0.3) is 0 Å². The molecular weight excluding hydrogens is 337 g/mol. The number of carbonyl (C=O) groups is 1. The molecule has 2 nitrogen and oxygen atoms in total. The van der Waals surface area contributed by atoms with Crippen LogP contribution in [-0.4, -0.2) is 18.7 Å². The van der Waals surface area contributed by atoms with Gasteiger partial charge in [0.15, 0.2) is 0 Å². The smallest absolute Gasteiger partial charge is 0.254 e. The standard InChI is InChI=1S/C18H21BBrNO/c1-2-3-4-8-11-15-12-16(17(19)20)21(18(15)22)13-14-9-6-5-7-10-14/h5-7,9-10,12H,2-4,8,11,13H2,1H3/b17-16-. The molecule has 114 valence electrons. The molecule has 0 atom stereocenters. The van der Waals surface area contributed by atoms with Gasteiger partial charge in [-0.05, 0) is 28.9 Å². The van der Waals surface area contributed by atoms with Gasteiger partial charge in [0.05, 0.1) is 6.54 Å². The Morgan fingerprint density at radius 2 is 1.91 bits per heavy atom. The Balaban J connectivity index is 2.08. The zero-order valence-electron chi connectivity index (χ0n) is 13.0. The number of unbranched alkanes of at least 4 members (excludes halogenated alkanes) is 3. The van der Waals surface area contributed by atoms with Crippen molar-refractivity contribution in [1.82, 2.24) is 4.90 Å². The number of nitrogens with zero attached hydrogens (tertiary/aromatic N) is 1. The highest BCUT2D eigenvalue weighted by Gasteiger charge is 2.28. The fraction of sp³-hybridized carbons (Fsp3) is 0.389. The van der Waals surface area contributed by atoms with Crippen molar-refractivity contribution < 1.29 is 4.79 Å². The first-order valence-electron chi connectivity index (χ1n) is 7.85. The summed E-state index contributed by atoms with van der Waals surface area (Å²) in [5.74, 6) is 0.0813. The van der Waals surface area contributed by atoms with Crippen LogP contribution in [0.4, 0.5) is 0 Å². The van der Waals surface area contributed by atoms with Gasteiger partial charge < -0.3 is 4.90 Å². The first kappa shape index (κ1) is 17.1. The second kappa shape index (κ2) is 8.37. The maximum absolute atomic E-state index is 12.6. The van der Waals surface area contributed by atoms with Crippen molar-refractivity contribution in [3.8, 4) is 0 Å². The summed E-state index contributed by atoms with van der Waals surface area (Å²) in [6.45, 7) is 2.74. The first-order chi connectivity index (χ1) is 10.6. The third kappa shape index (κ3) is 4.36. The molecule has 0 N–H and O–H groups in total. The van der Waals surface area contributed by atoms with E-state index in [4.69, 9.17) is 7.85 Å². The van der Waals surface area contributed by atoms with Crippen molar-refractivity contribution >= 4 is 29.7 Å². The molecule has 0 aromatic heterocycles. The van der Waals surface area contributed by atoms with Gasteiger partial charge >= 0.3 is 0 Å². The fourth-order valence-electron chi connectivity index (χ4n) is 2.63. The largest absolute Gasteiger partial charge is 0.304 e. The van der Waals surface area contributed by atoms with E-state index in [1.807, 2.05) is 36.4 Å². The third-order valence-electron chi connectivity index (χ3n) is 3.85. The van der Waals surface area contributed by atoms with Crippen LogP contribution in [0.5, 0.6) is 0 Å². The molecule has 1 amide bonds. The Morgan fingerprint density at radius 3 is 2.55 bits per heavy atom. The lowest BCUT2D eigenvalue weighted by atomic mass is 10.1. The Bertz CT molecular complexity index is 576. The second-order valence-corrected chi connectivity index (χ2v) is 6.44. The van der Waals surface area contributed by atoms with E-state index in [0.29, 0.717) is 10.9 Å². The highest BCUT2D eigenvalue weighted by atomic mass is 79.9. The predicted octanol–water partition coefficient (Wildman–Crippen LogP) is 4.66. The van der Waals surface area contributed by atoms with Crippen molar-refractivity contribution in [3.05, 3.63) is 57.6 Å². The van der Waals surface area contributed by atoms with Crippen LogP contribution in [0.1, 0.15) is 44.6 Å². The van der Waals surface area contributed by atoms with Gasteiger partial charge in [-0.2, -0.15) is 0 Å². The minimum Gasteiger partial charge on any atom is -0.304 e. The first-order valence-corrected chi connectivity index (χ1v) is 8.64. The molecule has 1 heterocycles. The maximum atomic E-state index is 12.6. The van der Waals surface area contributed by atoms with E-state index in [2.05, 4.69) is 22.9 Å². The lowest BCUT2D eigenvalue weighted by Gasteiger charge is -2.20. The van der Waals surface area contributed by atoms with Crippen molar-refractivity contribution in [2.45, 2.75) is 45.6 Å². The summed E-state index contributed by atoms with van der Waals surface area (Å²) in [5, 5.41) is 0. The molecule has 1 aliphatic heterocycles. The highest BCUT2D eigenvalue weighted by Crippen LogP contribution is 2.30. The number of halogens is 1. The topological polar surface area (TPSA) is 20.3 Å². The molecule has 0 saturated carbocycles. The van der Waals surface area contributed by atoms with Gasteiger partial charge in [-0.1, -0.05) is 72.4 Å². The van der Waals surface area contributed by atoms with Gasteiger partial charge in [0.25, 0.3) is 5.91 Å². The third-order valence-corrected chi connectivity index (χ3v) is 4.26. The molecule has 0 aliphatic carbocycles. The van der Waals surface area contributed by atoms with E-state index in [1.165, 1.54) is 19.3 Å². The average molecular weight is 358 g/mol. The highest BCUT2D eigenvalue weighted by molar-refractivity contribution is 9.12. The lowest BCUT2D eigenvalue weighted by Crippen LogP contribution is -2.26. The quantitative estimate of drug-likeness (QED) is 0.513. The molecule has 4 heteroatoms. The van der Waals surface area contributed by atoms with E-state index in [1.54, 1.807) is 4.90 Å². The lowest BCUT2D eigenvalue weighted by molar-refractivity contribution is -0.124. The Hall–Kier alpha value is -1.29. The minimum absolute atomic E-state index is 0.0813. The van der Waals surface area contributed by atoms with E-state index in [0.717, 1.165) is 29.7 Å². The van der Waals surface area contributed by atoms with E-state index in [9.17, 15) is 4.79 Å². The molecule has 1 aromatic rings. The maximum Gasteiger partial charge on any atom is 0.254 e. The van der Waals surface area contributed by atoms with Crippen molar-refractivity contribution in [3.63, 3.8) is 0 Å². The van der Waals surface area contributed by atoms with Gasteiger partial charge in [-0.3, -0.25) is 4.79 Å². The van der Waals surface area contributed by atoms with Crippen LogP contribution in [-0.2, 0) is 11.3 Å². The Labute approximate surface area is 142 Å². The molecule has 0 spiro atoms. The normalized spacial score (nSPS) is 16.9. The Morgan fingerprint density at radius 1 is 1.18 bits per heavy atom. The molecule has 1 aliphatic rings. The molecule has 0 unspecified atom stereocenters. The summed E-state index contributed by atoms with van der Waals surface area (Å²) < 4.78 is 0.514. The molecule has 0 fully saturated rings. The molecule has 1 aromatic carbocycles. The Kier molecular flexibility index (Phi) is 6.50. The van der Waals surface area contributed by atoms with Crippen LogP contribution in [0.2, 0.25) is 0 Å². The van der Waals surface area contributed by atoms with Crippen LogP contribution < -0.4 is 0 Å². The number of hydrogen-bond donors (Lipinski definition) is 0. The predicted molar refractivity (Wildman–Crippen MR) is 95.5 cm³/mol. The summed E-state index contributed by atoms with van der Waals surface area (Å²) >= 11 is 3.32.